The third kappa shape index (κ3) is 4.08. The van der Waals surface area contributed by atoms with Gasteiger partial charge in [-0.1, -0.05) is 0 Å². The van der Waals surface area contributed by atoms with E-state index in [9.17, 15) is 4.79 Å². The van der Waals surface area contributed by atoms with E-state index < -0.39 is 0 Å². The van der Waals surface area contributed by atoms with Crippen molar-refractivity contribution in [2.75, 3.05) is 33.4 Å². The molecule has 0 aromatic rings. The fourth-order valence-electron chi connectivity index (χ4n) is 1.91. The summed E-state index contributed by atoms with van der Waals surface area (Å²) in [4.78, 5) is 13.9. The van der Waals surface area contributed by atoms with Gasteiger partial charge in [0.15, 0.2) is 0 Å². The largest absolute Gasteiger partial charge is 0.385 e. The summed E-state index contributed by atoms with van der Waals surface area (Å²) in [6.07, 6.45) is 1.84. The Balaban J connectivity index is 2.20. The first kappa shape index (κ1) is 13.4. The van der Waals surface area contributed by atoms with Gasteiger partial charge >= 0.3 is 0 Å². The van der Waals surface area contributed by atoms with Gasteiger partial charge in [0.05, 0.1) is 6.04 Å². The van der Waals surface area contributed by atoms with Crippen LogP contribution in [0.2, 0.25) is 0 Å². The molecule has 1 saturated heterocycles. The van der Waals surface area contributed by atoms with Crippen LogP contribution >= 0.6 is 0 Å². The van der Waals surface area contributed by atoms with Gasteiger partial charge in [-0.3, -0.25) is 9.69 Å². The zero-order valence-corrected chi connectivity index (χ0v) is 10.2. The quantitative estimate of drug-likeness (QED) is 0.606. The number of methoxy groups -OCH3 is 1. The Morgan fingerprint density at radius 3 is 3.00 bits per heavy atom. The number of hydrogen-bond donors (Lipinski definition) is 2. The van der Waals surface area contributed by atoms with Crippen LogP contribution < -0.4 is 11.1 Å². The number of likely N-dealkylation sites (tertiary alicyclic amines) is 1. The fourth-order valence-corrected chi connectivity index (χ4v) is 1.91. The van der Waals surface area contributed by atoms with Gasteiger partial charge in [0, 0.05) is 39.4 Å². The van der Waals surface area contributed by atoms with Crippen molar-refractivity contribution in [3.63, 3.8) is 0 Å². The molecule has 1 heterocycles. The summed E-state index contributed by atoms with van der Waals surface area (Å²) in [6.45, 7) is 5.05. The lowest BCUT2D eigenvalue weighted by Gasteiger charge is -2.23. The average Bonchev–Trinajstić information content (AvgIpc) is 2.70. The van der Waals surface area contributed by atoms with E-state index in [0.717, 1.165) is 25.9 Å². The first-order valence-corrected chi connectivity index (χ1v) is 5.91. The van der Waals surface area contributed by atoms with Crippen LogP contribution in [0.3, 0.4) is 0 Å². The van der Waals surface area contributed by atoms with E-state index in [-0.39, 0.29) is 18.0 Å². The molecule has 0 saturated carbocycles. The minimum atomic E-state index is -0.0731. The lowest BCUT2D eigenvalue weighted by molar-refractivity contribution is -0.125. The van der Waals surface area contributed by atoms with Gasteiger partial charge in [-0.05, 0) is 19.8 Å². The first-order chi connectivity index (χ1) is 7.65. The molecule has 1 aliphatic rings. The second-order valence-electron chi connectivity index (χ2n) is 4.36. The third-order valence-electron chi connectivity index (χ3n) is 3.01. The molecule has 5 heteroatoms. The second-order valence-corrected chi connectivity index (χ2v) is 4.36. The zero-order valence-electron chi connectivity index (χ0n) is 10.2. The molecule has 0 radical (unpaired) electrons. The van der Waals surface area contributed by atoms with E-state index in [1.54, 1.807) is 7.11 Å². The minimum absolute atomic E-state index is 0.0731. The highest BCUT2D eigenvalue weighted by Gasteiger charge is 2.27. The molecule has 0 aromatic heterocycles. The summed E-state index contributed by atoms with van der Waals surface area (Å²) >= 11 is 0. The molecule has 1 fully saturated rings. The highest BCUT2D eigenvalue weighted by Crippen LogP contribution is 2.10. The SMILES string of the molecule is COCCCNC(=O)C(C)N1CCC(N)C1. The average molecular weight is 229 g/mol. The molecule has 0 bridgehead atoms. The molecule has 2 atom stereocenters. The van der Waals surface area contributed by atoms with E-state index in [2.05, 4.69) is 10.2 Å². The Hall–Kier alpha value is -0.650. The molecular formula is C11H23N3O2. The zero-order chi connectivity index (χ0) is 12.0. The van der Waals surface area contributed by atoms with Gasteiger partial charge in [0.2, 0.25) is 5.91 Å². The van der Waals surface area contributed by atoms with Crippen LogP contribution in [0.25, 0.3) is 0 Å². The lowest BCUT2D eigenvalue weighted by Crippen LogP contribution is -2.45. The molecule has 2 unspecified atom stereocenters. The molecule has 1 amide bonds. The topological polar surface area (TPSA) is 67.6 Å². The number of nitrogens with one attached hydrogen (secondary N) is 1. The number of nitrogens with two attached hydrogens (primary N) is 1. The molecule has 1 aliphatic heterocycles. The Labute approximate surface area is 97.3 Å². The van der Waals surface area contributed by atoms with Gasteiger partial charge < -0.3 is 15.8 Å². The van der Waals surface area contributed by atoms with Crippen LogP contribution in [0.4, 0.5) is 0 Å². The van der Waals surface area contributed by atoms with Crippen molar-refractivity contribution in [3.8, 4) is 0 Å². The Morgan fingerprint density at radius 2 is 2.44 bits per heavy atom. The van der Waals surface area contributed by atoms with Crippen LogP contribution in [-0.4, -0.2) is 56.2 Å². The smallest absolute Gasteiger partial charge is 0.237 e. The van der Waals surface area contributed by atoms with Crippen molar-refractivity contribution in [3.05, 3.63) is 0 Å². The monoisotopic (exact) mass is 229 g/mol. The predicted molar refractivity (Wildman–Crippen MR) is 63.1 cm³/mol. The van der Waals surface area contributed by atoms with E-state index in [4.69, 9.17) is 10.5 Å². The van der Waals surface area contributed by atoms with Gasteiger partial charge in [-0.15, -0.1) is 0 Å². The van der Waals surface area contributed by atoms with E-state index in [0.29, 0.717) is 13.2 Å². The number of carbonyl (C=O) groups excluding carboxylic acids is 1. The number of hydrogen-bond acceptors (Lipinski definition) is 4. The van der Waals surface area contributed by atoms with E-state index in [1.165, 1.54) is 0 Å². The van der Waals surface area contributed by atoms with Gasteiger partial charge in [0.1, 0.15) is 0 Å². The lowest BCUT2D eigenvalue weighted by atomic mass is 10.2. The normalized spacial score (nSPS) is 23.3. The summed E-state index contributed by atoms with van der Waals surface area (Å²) in [5.74, 6) is 0.0882. The highest BCUT2D eigenvalue weighted by atomic mass is 16.5. The summed E-state index contributed by atoms with van der Waals surface area (Å²) < 4.78 is 4.92. The molecule has 16 heavy (non-hydrogen) atoms. The Kier molecular flexibility index (Phi) is 5.73. The van der Waals surface area contributed by atoms with Crippen LogP contribution in [0.5, 0.6) is 0 Å². The second kappa shape index (κ2) is 6.83. The van der Waals surface area contributed by atoms with Crippen molar-refractivity contribution in [1.29, 1.82) is 0 Å². The summed E-state index contributed by atoms with van der Waals surface area (Å²) in [7, 11) is 1.66. The standard InChI is InChI=1S/C11H23N3O2/c1-9(14-6-4-10(12)8-14)11(15)13-5-3-7-16-2/h9-10H,3-8,12H2,1-2H3,(H,13,15). The van der Waals surface area contributed by atoms with Crippen molar-refractivity contribution < 1.29 is 9.53 Å². The van der Waals surface area contributed by atoms with Gasteiger partial charge in [0.25, 0.3) is 0 Å². The van der Waals surface area contributed by atoms with Crippen molar-refractivity contribution in [1.82, 2.24) is 10.2 Å². The maximum atomic E-state index is 11.8. The third-order valence-corrected chi connectivity index (χ3v) is 3.01. The van der Waals surface area contributed by atoms with Crippen LogP contribution in [0.1, 0.15) is 19.8 Å². The predicted octanol–water partition coefficient (Wildman–Crippen LogP) is -0.439. The van der Waals surface area contributed by atoms with E-state index in [1.807, 2.05) is 6.92 Å². The number of carbonyl (C=O) groups is 1. The highest BCUT2D eigenvalue weighted by molar-refractivity contribution is 5.81. The van der Waals surface area contributed by atoms with E-state index >= 15 is 0 Å². The van der Waals surface area contributed by atoms with Crippen LogP contribution in [0.15, 0.2) is 0 Å². The molecule has 0 aromatic carbocycles. The minimum Gasteiger partial charge on any atom is -0.385 e. The van der Waals surface area contributed by atoms with Crippen LogP contribution in [-0.2, 0) is 9.53 Å². The number of ether oxygens (including phenoxy) is 1. The summed E-state index contributed by atoms with van der Waals surface area (Å²) in [5, 5.41) is 2.91. The number of amides is 1. The fraction of sp³-hybridized carbons (Fsp3) is 0.909. The van der Waals surface area contributed by atoms with Gasteiger partial charge in [-0.25, -0.2) is 0 Å². The molecule has 0 aliphatic carbocycles. The molecule has 94 valence electrons. The Morgan fingerprint density at radius 1 is 1.69 bits per heavy atom. The van der Waals surface area contributed by atoms with Crippen molar-refractivity contribution in [2.24, 2.45) is 5.73 Å². The molecule has 0 spiro atoms. The van der Waals surface area contributed by atoms with Gasteiger partial charge in [-0.2, -0.15) is 0 Å². The Bertz CT molecular complexity index is 223. The van der Waals surface area contributed by atoms with Crippen molar-refractivity contribution in [2.45, 2.75) is 31.8 Å². The van der Waals surface area contributed by atoms with Crippen molar-refractivity contribution >= 4 is 5.91 Å². The maximum Gasteiger partial charge on any atom is 0.237 e. The maximum absolute atomic E-state index is 11.8. The number of rotatable bonds is 6. The molecule has 1 rings (SSSR count). The molecule has 5 nitrogen and oxygen atoms in total. The summed E-state index contributed by atoms with van der Waals surface area (Å²) in [6, 6.07) is 0.153. The molecular weight excluding hydrogens is 206 g/mol. The molecule has 3 N–H and O–H groups in total. The van der Waals surface area contributed by atoms with Crippen LogP contribution in [0, 0.1) is 0 Å². The number of nitrogens with zero attached hydrogens (tertiary/aromatic N) is 1. The summed E-state index contributed by atoms with van der Waals surface area (Å²) in [5.41, 5.74) is 5.81. The first-order valence-electron chi connectivity index (χ1n) is 5.91.